The number of Topliss-reactive ketones (excluding diaryl/α,β-unsaturated/α-hetero) is 1. The van der Waals surface area contributed by atoms with Crippen molar-refractivity contribution in [2.75, 3.05) is 0 Å². The van der Waals surface area contributed by atoms with Crippen molar-refractivity contribution in [3.63, 3.8) is 0 Å². The molecular formula is C15H12O6. The number of ketones is 1. The van der Waals surface area contributed by atoms with Crippen molar-refractivity contribution in [2.24, 2.45) is 0 Å². The maximum atomic E-state index is 12.2. The van der Waals surface area contributed by atoms with Crippen LogP contribution >= 0.6 is 0 Å². The number of ether oxygens (including phenoxy) is 1. The molecule has 3 rings (SSSR count). The van der Waals surface area contributed by atoms with Gasteiger partial charge in [-0.15, -0.1) is 0 Å². The molecule has 0 saturated heterocycles. The van der Waals surface area contributed by atoms with Crippen molar-refractivity contribution >= 4 is 5.78 Å². The fourth-order valence-electron chi connectivity index (χ4n) is 2.28. The summed E-state index contributed by atoms with van der Waals surface area (Å²) in [6, 6.07) is 7.95. The summed E-state index contributed by atoms with van der Waals surface area (Å²) in [4.78, 5) is 12.2. The standard InChI is InChI=1S/C15H12O6/c16-8-2-4-12-9(6-8)13(19)14(20)15(21-12)7-1-3-10(17)11(18)5-7/h1-6,14-18,20H/t14?,15-/m1/s1. The summed E-state index contributed by atoms with van der Waals surface area (Å²) >= 11 is 0. The molecular weight excluding hydrogens is 276 g/mol. The first-order chi connectivity index (χ1) is 9.97. The molecule has 2 atom stereocenters. The Balaban J connectivity index is 2.04. The van der Waals surface area contributed by atoms with E-state index >= 15 is 0 Å². The van der Waals surface area contributed by atoms with Crippen LogP contribution in [0.4, 0.5) is 0 Å². The second-order valence-corrected chi connectivity index (χ2v) is 4.78. The van der Waals surface area contributed by atoms with Crippen LogP contribution in [0.25, 0.3) is 0 Å². The number of phenolic OH excluding ortho intramolecular Hbond substituents is 3. The third kappa shape index (κ3) is 2.15. The van der Waals surface area contributed by atoms with Gasteiger partial charge in [0.25, 0.3) is 0 Å². The minimum Gasteiger partial charge on any atom is -0.508 e. The third-order valence-corrected chi connectivity index (χ3v) is 3.37. The Morgan fingerprint density at radius 2 is 1.71 bits per heavy atom. The Hall–Kier alpha value is -2.73. The fraction of sp³-hybridized carbons (Fsp3) is 0.133. The second kappa shape index (κ2) is 4.68. The maximum absolute atomic E-state index is 12.2. The quantitative estimate of drug-likeness (QED) is 0.592. The first kappa shape index (κ1) is 13.3. The summed E-state index contributed by atoms with van der Waals surface area (Å²) in [6.07, 6.45) is -2.47. The normalized spacial score (nSPS) is 20.7. The highest BCUT2D eigenvalue weighted by molar-refractivity contribution is 6.03. The molecule has 1 unspecified atom stereocenters. The summed E-state index contributed by atoms with van der Waals surface area (Å²) in [6.45, 7) is 0. The summed E-state index contributed by atoms with van der Waals surface area (Å²) in [7, 11) is 0. The molecule has 0 aliphatic carbocycles. The van der Waals surface area contributed by atoms with Crippen molar-refractivity contribution in [1.29, 1.82) is 0 Å². The van der Waals surface area contributed by atoms with Gasteiger partial charge in [-0.2, -0.15) is 0 Å². The number of fused-ring (bicyclic) bond motifs is 1. The van der Waals surface area contributed by atoms with E-state index in [1.54, 1.807) is 0 Å². The van der Waals surface area contributed by atoms with Gasteiger partial charge in [-0.3, -0.25) is 4.79 Å². The van der Waals surface area contributed by atoms with Gasteiger partial charge in [0.05, 0.1) is 5.56 Å². The Kier molecular flexibility index (Phi) is 2.95. The molecule has 108 valence electrons. The van der Waals surface area contributed by atoms with Crippen molar-refractivity contribution in [1.82, 2.24) is 0 Å². The SMILES string of the molecule is O=C1c2cc(O)ccc2O[C@H](c2ccc(O)c(O)c2)C1O. The second-order valence-electron chi connectivity index (χ2n) is 4.78. The summed E-state index contributed by atoms with van der Waals surface area (Å²) in [5.41, 5.74) is 0.451. The molecule has 0 radical (unpaired) electrons. The molecule has 1 heterocycles. The number of aromatic hydroxyl groups is 3. The minimum atomic E-state index is -1.47. The van der Waals surface area contributed by atoms with E-state index in [2.05, 4.69) is 0 Å². The smallest absolute Gasteiger partial charge is 0.199 e. The van der Waals surface area contributed by atoms with Crippen LogP contribution in [0.15, 0.2) is 36.4 Å². The number of hydrogen-bond donors (Lipinski definition) is 4. The van der Waals surface area contributed by atoms with E-state index in [1.807, 2.05) is 0 Å². The van der Waals surface area contributed by atoms with Gasteiger partial charge >= 0.3 is 0 Å². The van der Waals surface area contributed by atoms with E-state index in [9.17, 15) is 25.2 Å². The van der Waals surface area contributed by atoms with Crippen LogP contribution in [0, 0.1) is 0 Å². The summed E-state index contributed by atoms with van der Waals surface area (Å²) in [5, 5.41) is 38.3. The average molecular weight is 288 g/mol. The van der Waals surface area contributed by atoms with Gasteiger partial charge in [0.1, 0.15) is 11.5 Å². The van der Waals surface area contributed by atoms with Crippen molar-refractivity contribution in [3.8, 4) is 23.0 Å². The summed E-state index contributed by atoms with van der Waals surface area (Å²) < 4.78 is 5.58. The molecule has 0 spiro atoms. The Morgan fingerprint density at radius 1 is 0.952 bits per heavy atom. The van der Waals surface area contributed by atoms with Crippen molar-refractivity contribution in [2.45, 2.75) is 12.2 Å². The molecule has 0 aromatic heterocycles. The van der Waals surface area contributed by atoms with E-state index in [0.717, 1.165) is 0 Å². The molecule has 0 saturated carbocycles. The number of rotatable bonds is 1. The Labute approximate surface area is 119 Å². The topological polar surface area (TPSA) is 107 Å². The van der Waals surface area contributed by atoms with E-state index in [4.69, 9.17) is 4.74 Å². The molecule has 6 heteroatoms. The molecule has 2 aromatic rings. The maximum Gasteiger partial charge on any atom is 0.199 e. The van der Waals surface area contributed by atoms with Gasteiger partial charge in [-0.1, -0.05) is 6.07 Å². The van der Waals surface area contributed by atoms with Crippen LogP contribution in [0.2, 0.25) is 0 Å². The lowest BCUT2D eigenvalue weighted by Gasteiger charge is -2.29. The monoisotopic (exact) mass is 288 g/mol. The van der Waals surface area contributed by atoms with Gasteiger partial charge in [0.2, 0.25) is 0 Å². The molecule has 1 aliphatic heterocycles. The zero-order valence-corrected chi connectivity index (χ0v) is 10.7. The van der Waals surface area contributed by atoms with Crippen molar-refractivity contribution in [3.05, 3.63) is 47.5 Å². The van der Waals surface area contributed by atoms with Crippen LogP contribution in [-0.4, -0.2) is 32.3 Å². The van der Waals surface area contributed by atoms with Gasteiger partial charge in [0.15, 0.2) is 29.5 Å². The number of carbonyl (C=O) groups excluding carboxylic acids is 1. The zero-order valence-electron chi connectivity index (χ0n) is 10.7. The molecule has 0 fully saturated rings. The van der Waals surface area contributed by atoms with E-state index in [-0.39, 0.29) is 28.6 Å². The lowest BCUT2D eigenvalue weighted by atomic mass is 9.93. The first-order valence-corrected chi connectivity index (χ1v) is 6.21. The highest BCUT2D eigenvalue weighted by Crippen LogP contribution is 2.38. The molecule has 0 bridgehead atoms. The predicted molar refractivity (Wildman–Crippen MR) is 71.6 cm³/mol. The zero-order chi connectivity index (χ0) is 15.1. The molecule has 6 nitrogen and oxygen atoms in total. The molecule has 21 heavy (non-hydrogen) atoms. The number of benzene rings is 2. The van der Waals surface area contributed by atoms with Gasteiger partial charge in [-0.25, -0.2) is 0 Å². The van der Waals surface area contributed by atoms with Gasteiger partial charge in [-0.05, 0) is 35.9 Å². The molecule has 0 amide bonds. The van der Waals surface area contributed by atoms with Crippen LogP contribution in [0.3, 0.4) is 0 Å². The molecule has 2 aromatic carbocycles. The number of hydrogen-bond acceptors (Lipinski definition) is 6. The average Bonchev–Trinajstić information content (AvgIpc) is 2.46. The molecule has 1 aliphatic rings. The van der Waals surface area contributed by atoms with Gasteiger partial charge in [0, 0.05) is 0 Å². The Morgan fingerprint density at radius 3 is 2.43 bits per heavy atom. The van der Waals surface area contributed by atoms with E-state index in [1.165, 1.54) is 36.4 Å². The van der Waals surface area contributed by atoms with E-state index < -0.39 is 18.0 Å². The minimum absolute atomic E-state index is 0.0985. The lowest BCUT2D eigenvalue weighted by molar-refractivity contribution is 0.0215. The first-order valence-electron chi connectivity index (χ1n) is 6.21. The van der Waals surface area contributed by atoms with Crippen molar-refractivity contribution < 1.29 is 30.0 Å². The highest BCUT2D eigenvalue weighted by Gasteiger charge is 2.37. The lowest BCUT2D eigenvalue weighted by Crippen LogP contribution is -2.36. The number of aliphatic hydroxyl groups excluding tert-OH is 1. The van der Waals surface area contributed by atoms with E-state index in [0.29, 0.717) is 5.56 Å². The van der Waals surface area contributed by atoms with Gasteiger partial charge < -0.3 is 25.2 Å². The number of carbonyl (C=O) groups is 1. The van der Waals surface area contributed by atoms with Crippen LogP contribution < -0.4 is 4.74 Å². The predicted octanol–water partition coefficient (Wildman–Crippen LogP) is 1.48. The molecule has 4 N–H and O–H groups in total. The van der Waals surface area contributed by atoms with Crippen LogP contribution in [0.5, 0.6) is 23.0 Å². The largest absolute Gasteiger partial charge is 0.508 e. The number of phenols is 3. The third-order valence-electron chi connectivity index (χ3n) is 3.37. The van der Waals surface area contributed by atoms with Crippen LogP contribution in [-0.2, 0) is 0 Å². The Bertz CT molecular complexity index is 724. The number of aliphatic hydroxyl groups is 1. The highest BCUT2D eigenvalue weighted by atomic mass is 16.5. The van der Waals surface area contributed by atoms with Crippen LogP contribution in [0.1, 0.15) is 22.0 Å². The summed E-state index contributed by atoms with van der Waals surface area (Å²) in [5.74, 6) is -1.11. The fourth-order valence-corrected chi connectivity index (χ4v) is 2.28.